The molecule has 4 aromatic heterocycles. The van der Waals surface area contributed by atoms with Crippen LogP contribution in [0.3, 0.4) is 0 Å². The molecular formula is C24H20ClN3O4S2. The first-order chi connectivity index (χ1) is 16.1. The number of ether oxygens (including phenoxy) is 1. The van der Waals surface area contributed by atoms with Gasteiger partial charge in [0.15, 0.2) is 0 Å². The molecule has 7 nitrogen and oxygen atoms in total. The average Bonchev–Trinajstić information content (AvgIpc) is 3.36. The second kappa shape index (κ2) is 8.06. The Kier molecular flexibility index (Phi) is 5.40. The molecular weight excluding hydrogens is 494 g/mol. The summed E-state index contributed by atoms with van der Waals surface area (Å²) >= 11 is 9.05. The molecule has 0 unspecified atom stereocenters. The van der Waals surface area contributed by atoms with Crippen molar-refractivity contribution in [2.24, 2.45) is 0 Å². The third-order valence-electron chi connectivity index (χ3n) is 5.63. The number of nitrogens with one attached hydrogen (secondary N) is 1. The number of H-pyrrole nitrogens is 1. The minimum atomic E-state index is -1.06. The van der Waals surface area contributed by atoms with Gasteiger partial charge in [-0.1, -0.05) is 11.6 Å². The monoisotopic (exact) mass is 513 g/mol. The van der Waals surface area contributed by atoms with Crippen LogP contribution in [-0.2, 0) is 5.60 Å². The molecule has 5 rings (SSSR count). The minimum Gasteiger partial charge on any atom is -0.497 e. The summed E-state index contributed by atoms with van der Waals surface area (Å²) in [6.07, 6.45) is 3.18. The molecule has 0 spiro atoms. The number of pyridine rings is 1. The summed E-state index contributed by atoms with van der Waals surface area (Å²) in [5.74, 6) is 0.635. The van der Waals surface area contributed by atoms with Crippen molar-refractivity contribution in [1.29, 1.82) is 0 Å². The molecule has 0 saturated heterocycles. The van der Waals surface area contributed by atoms with E-state index in [0.717, 1.165) is 30.0 Å². The molecule has 0 fully saturated rings. The predicted octanol–water partition coefficient (Wildman–Crippen LogP) is 5.22. The first kappa shape index (κ1) is 22.8. The van der Waals surface area contributed by atoms with Gasteiger partial charge in [-0.25, -0.2) is 9.36 Å². The maximum atomic E-state index is 13.6. The summed E-state index contributed by atoms with van der Waals surface area (Å²) in [5, 5.41) is 11.8. The minimum absolute atomic E-state index is 0.379. The Morgan fingerprint density at radius 1 is 1.18 bits per heavy atom. The van der Waals surface area contributed by atoms with Gasteiger partial charge in [0.25, 0.3) is 5.56 Å². The van der Waals surface area contributed by atoms with Gasteiger partial charge in [-0.3, -0.25) is 9.78 Å². The third kappa shape index (κ3) is 3.56. The quantitative estimate of drug-likeness (QED) is 0.343. The summed E-state index contributed by atoms with van der Waals surface area (Å²) < 4.78 is 7.59. The molecule has 2 N–H and O–H groups in total. The summed E-state index contributed by atoms with van der Waals surface area (Å²) in [6.45, 7) is 5.29. The number of nitrogens with zero attached hydrogens (tertiary/aromatic N) is 2. The Hall–Kier alpha value is -2.98. The van der Waals surface area contributed by atoms with Crippen LogP contribution in [0.2, 0.25) is 5.02 Å². The fourth-order valence-electron chi connectivity index (χ4n) is 4.12. The lowest BCUT2D eigenvalue weighted by atomic mass is 10.0. The molecule has 0 aliphatic rings. The van der Waals surface area contributed by atoms with Crippen molar-refractivity contribution >= 4 is 54.6 Å². The molecule has 0 radical (unpaired) electrons. The van der Waals surface area contributed by atoms with Crippen molar-refractivity contribution in [2.45, 2.75) is 26.4 Å². The number of hydrogen-bond acceptors (Lipinski definition) is 7. The van der Waals surface area contributed by atoms with Gasteiger partial charge in [-0.2, -0.15) is 0 Å². The fourth-order valence-corrected chi connectivity index (χ4v) is 6.67. The molecule has 0 amide bonds. The third-order valence-corrected chi connectivity index (χ3v) is 8.65. The number of thiophene rings is 2. The first-order valence-corrected chi connectivity index (χ1v) is 12.3. The highest BCUT2D eigenvalue weighted by Gasteiger charge is 2.25. The largest absolute Gasteiger partial charge is 0.497 e. The van der Waals surface area contributed by atoms with Crippen LogP contribution in [0.25, 0.3) is 36.4 Å². The molecule has 4 heterocycles. The number of aromatic nitrogens is 3. The molecule has 0 aliphatic carbocycles. The highest BCUT2D eigenvalue weighted by atomic mass is 35.5. The standard InChI is InChI=1S/C24H20ClN3O4S2/c1-11-19-16(9-26-10-18(19)34-21(11)24(2,3)31)28-22(29)20-15(27-23(28)30)8-17(33-20)13-7-12(32-4)5-6-14(13)25/h5-10,31H,1-4H3,(H,27,30). The van der Waals surface area contributed by atoms with Gasteiger partial charge in [-0.15, -0.1) is 22.7 Å². The molecule has 1 aromatic carbocycles. The lowest BCUT2D eigenvalue weighted by molar-refractivity contribution is 0.0820. The van der Waals surface area contributed by atoms with Crippen LogP contribution in [0.4, 0.5) is 0 Å². The molecule has 0 aliphatic heterocycles. The van der Waals surface area contributed by atoms with Crippen molar-refractivity contribution < 1.29 is 9.84 Å². The Balaban J connectivity index is 1.77. The Morgan fingerprint density at radius 3 is 2.65 bits per heavy atom. The number of hydrogen-bond donors (Lipinski definition) is 2. The van der Waals surface area contributed by atoms with Gasteiger partial charge >= 0.3 is 5.69 Å². The highest BCUT2D eigenvalue weighted by Crippen LogP contribution is 2.40. The molecule has 0 atom stereocenters. The fraction of sp³-hybridized carbons (Fsp3) is 0.208. The zero-order chi connectivity index (χ0) is 24.4. The molecule has 10 heteroatoms. The summed E-state index contributed by atoms with van der Waals surface area (Å²) in [6, 6.07) is 7.02. The van der Waals surface area contributed by atoms with Crippen molar-refractivity contribution in [3.63, 3.8) is 0 Å². The number of methoxy groups -OCH3 is 1. The van der Waals surface area contributed by atoms with Crippen molar-refractivity contribution in [3.8, 4) is 21.9 Å². The SMILES string of the molecule is COc1ccc(Cl)c(-c2cc3[nH]c(=O)n(-c4cncc5sc(C(C)(C)O)c(C)c45)c(=O)c3s2)c1. The van der Waals surface area contributed by atoms with Crippen molar-refractivity contribution in [1.82, 2.24) is 14.5 Å². The molecule has 0 saturated carbocycles. The number of aryl methyl sites for hydroxylation is 1. The van der Waals surface area contributed by atoms with Crippen LogP contribution in [0.1, 0.15) is 24.3 Å². The van der Waals surface area contributed by atoms with Crippen LogP contribution in [0.15, 0.2) is 46.2 Å². The maximum absolute atomic E-state index is 13.6. The van der Waals surface area contributed by atoms with E-state index in [2.05, 4.69) is 9.97 Å². The maximum Gasteiger partial charge on any atom is 0.333 e. The van der Waals surface area contributed by atoms with Crippen LogP contribution in [0, 0.1) is 6.92 Å². The number of aromatic amines is 1. The summed E-state index contributed by atoms with van der Waals surface area (Å²) in [5.41, 5.74) is 0.258. The second-order valence-corrected chi connectivity index (χ2v) is 10.9. The topological polar surface area (TPSA) is 97.2 Å². The number of benzene rings is 1. The van der Waals surface area contributed by atoms with E-state index in [1.54, 1.807) is 51.4 Å². The van der Waals surface area contributed by atoms with E-state index >= 15 is 0 Å². The summed E-state index contributed by atoms with van der Waals surface area (Å²) in [7, 11) is 1.57. The van der Waals surface area contributed by atoms with Gasteiger partial charge in [0.05, 0.1) is 34.8 Å². The Morgan fingerprint density at radius 2 is 1.94 bits per heavy atom. The molecule has 174 valence electrons. The lowest BCUT2D eigenvalue weighted by Gasteiger charge is -2.16. The van der Waals surface area contributed by atoms with Gasteiger partial charge in [0, 0.05) is 31.9 Å². The van der Waals surface area contributed by atoms with Crippen LogP contribution in [0.5, 0.6) is 5.75 Å². The molecule has 34 heavy (non-hydrogen) atoms. The number of rotatable bonds is 4. The Bertz CT molecular complexity index is 1710. The van der Waals surface area contributed by atoms with Crippen molar-refractivity contribution in [3.05, 3.63) is 73.0 Å². The van der Waals surface area contributed by atoms with E-state index in [1.807, 2.05) is 6.92 Å². The van der Waals surface area contributed by atoms with Gasteiger partial charge in [-0.05, 0) is 50.6 Å². The lowest BCUT2D eigenvalue weighted by Crippen LogP contribution is -2.33. The van der Waals surface area contributed by atoms with Crippen molar-refractivity contribution in [2.75, 3.05) is 7.11 Å². The summed E-state index contributed by atoms with van der Waals surface area (Å²) in [4.78, 5) is 35.3. The van der Waals surface area contributed by atoms with Gasteiger partial charge < -0.3 is 14.8 Å². The molecule has 5 aromatic rings. The van der Waals surface area contributed by atoms with Crippen LogP contribution >= 0.6 is 34.3 Å². The predicted molar refractivity (Wildman–Crippen MR) is 138 cm³/mol. The van der Waals surface area contributed by atoms with E-state index in [-0.39, 0.29) is 0 Å². The van der Waals surface area contributed by atoms with E-state index in [0.29, 0.717) is 32.2 Å². The average molecular weight is 514 g/mol. The zero-order valence-corrected chi connectivity index (χ0v) is 21.1. The van der Waals surface area contributed by atoms with E-state index in [4.69, 9.17) is 16.3 Å². The Labute approximate surface area is 206 Å². The normalized spacial score (nSPS) is 12.1. The molecule has 0 bridgehead atoms. The highest BCUT2D eigenvalue weighted by molar-refractivity contribution is 7.22. The number of fused-ring (bicyclic) bond motifs is 2. The van der Waals surface area contributed by atoms with E-state index < -0.39 is 16.9 Å². The van der Waals surface area contributed by atoms with Gasteiger partial charge in [0.2, 0.25) is 0 Å². The van der Waals surface area contributed by atoms with E-state index in [9.17, 15) is 14.7 Å². The number of aliphatic hydroxyl groups is 1. The first-order valence-electron chi connectivity index (χ1n) is 10.3. The zero-order valence-electron chi connectivity index (χ0n) is 18.7. The smallest absolute Gasteiger partial charge is 0.333 e. The van der Waals surface area contributed by atoms with Crippen LogP contribution in [-0.4, -0.2) is 26.8 Å². The number of halogens is 1. The van der Waals surface area contributed by atoms with Gasteiger partial charge in [0.1, 0.15) is 10.4 Å². The van der Waals surface area contributed by atoms with E-state index in [1.165, 1.54) is 28.9 Å². The second-order valence-electron chi connectivity index (χ2n) is 8.42. The van der Waals surface area contributed by atoms with Crippen LogP contribution < -0.4 is 16.0 Å².